The molecule has 0 bridgehead atoms. The summed E-state index contributed by atoms with van der Waals surface area (Å²) < 4.78 is 26.6. The van der Waals surface area contributed by atoms with Crippen LogP contribution in [0.4, 0.5) is 0 Å². The maximum Gasteiger partial charge on any atom is 0.241 e. The summed E-state index contributed by atoms with van der Waals surface area (Å²) in [6.07, 6.45) is 0. The summed E-state index contributed by atoms with van der Waals surface area (Å²) in [5.74, 6) is 0. The van der Waals surface area contributed by atoms with Crippen LogP contribution in [0.1, 0.15) is 19.4 Å². The van der Waals surface area contributed by atoms with Gasteiger partial charge in [0.1, 0.15) is 6.07 Å². The van der Waals surface area contributed by atoms with Crippen LogP contribution < -0.4 is 10.5 Å². The molecule has 5 nitrogen and oxygen atoms in total. The van der Waals surface area contributed by atoms with Crippen molar-refractivity contribution in [1.82, 2.24) is 4.72 Å². The first-order valence-corrected chi connectivity index (χ1v) is 7.02. The Bertz CT molecular complexity index is 591. The molecule has 0 amide bonds. The molecule has 7 heteroatoms. The van der Waals surface area contributed by atoms with Crippen LogP contribution in [-0.4, -0.2) is 20.5 Å². The number of hydrogen-bond donors (Lipinski definition) is 2. The van der Waals surface area contributed by atoms with Crippen molar-refractivity contribution in [2.24, 2.45) is 5.73 Å². The summed E-state index contributed by atoms with van der Waals surface area (Å²) in [7, 11) is -3.72. The summed E-state index contributed by atoms with van der Waals surface area (Å²) in [6.45, 7) is 3.50. The minimum absolute atomic E-state index is 0.00928. The number of benzene rings is 1. The molecule has 98 valence electrons. The van der Waals surface area contributed by atoms with Crippen LogP contribution in [0.3, 0.4) is 0 Å². The van der Waals surface area contributed by atoms with E-state index in [0.717, 1.165) is 0 Å². The van der Waals surface area contributed by atoms with Crippen LogP contribution in [-0.2, 0) is 10.0 Å². The molecule has 0 spiro atoms. The SMILES string of the molecule is CC(C)(CN)NS(=O)(=O)c1ccc(Cl)c(C#N)c1. The van der Waals surface area contributed by atoms with Gasteiger partial charge in [-0.3, -0.25) is 0 Å². The summed E-state index contributed by atoms with van der Waals surface area (Å²) in [5.41, 5.74) is 4.83. The van der Waals surface area contributed by atoms with Crippen LogP contribution in [0.15, 0.2) is 23.1 Å². The summed E-state index contributed by atoms with van der Waals surface area (Å²) >= 11 is 5.75. The van der Waals surface area contributed by atoms with E-state index in [-0.39, 0.29) is 22.0 Å². The lowest BCUT2D eigenvalue weighted by molar-refractivity contribution is 0.462. The van der Waals surface area contributed by atoms with E-state index in [9.17, 15) is 8.42 Å². The Morgan fingerprint density at radius 1 is 1.50 bits per heavy atom. The summed E-state index contributed by atoms with van der Waals surface area (Å²) in [4.78, 5) is -0.00928. The Morgan fingerprint density at radius 2 is 2.11 bits per heavy atom. The highest BCUT2D eigenvalue weighted by molar-refractivity contribution is 7.89. The third-order valence-electron chi connectivity index (χ3n) is 2.29. The smallest absolute Gasteiger partial charge is 0.241 e. The average molecular weight is 288 g/mol. The van der Waals surface area contributed by atoms with Crippen LogP contribution in [0, 0.1) is 11.3 Å². The lowest BCUT2D eigenvalue weighted by Gasteiger charge is -2.23. The molecule has 0 aliphatic carbocycles. The minimum atomic E-state index is -3.72. The first-order valence-electron chi connectivity index (χ1n) is 5.15. The van der Waals surface area contributed by atoms with Crippen molar-refractivity contribution in [2.75, 3.05) is 6.54 Å². The maximum absolute atomic E-state index is 12.1. The molecule has 0 aliphatic rings. The van der Waals surface area contributed by atoms with E-state index in [4.69, 9.17) is 22.6 Å². The Labute approximate surface area is 112 Å². The van der Waals surface area contributed by atoms with Gasteiger partial charge in [-0.25, -0.2) is 13.1 Å². The van der Waals surface area contributed by atoms with E-state index in [2.05, 4.69) is 4.72 Å². The molecule has 3 N–H and O–H groups in total. The monoisotopic (exact) mass is 287 g/mol. The minimum Gasteiger partial charge on any atom is -0.329 e. The number of halogens is 1. The van der Waals surface area contributed by atoms with Gasteiger partial charge in [-0.05, 0) is 32.0 Å². The summed E-state index contributed by atoms with van der Waals surface area (Å²) in [5, 5.41) is 9.03. The van der Waals surface area contributed by atoms with E-state index >= 15 is 0 Å². The van der Waals surface area contributed by atoms with Crippen molar-refractivity contribution in [3.63, 3.8) is 0 Å². The van der Waals surface area contributed by atoms with Gasteiger partial charge in [0.05, 0.1) is 15.5 Å². The highest BCUT2D eigenvalue weighted by atomic mass is 35.5. The fourth-order valence-corrected chi connectivity index (χ4v) is 2.83. The second kappa shape index (κ2) is 5.24. The fourth-order valence-electron chi connectivity index (χ4n) is 1.22. The lowest BCUT2D eigenvalue weighted by Crippen LogP contribution is -2.48. The molecule has 1 aromatic rings. The van der Waals surface area contributed by atoms with E-state index < -0.39 is 15.6 Å². The van der Waals surface area contributed by atoms with Crippen LogP contribution in [0.25, 0.3) is 0 Å². The molecule has 0 unspecified atom stereocenters. The van der Waals surface area contributed by atoms with Gasteiger partial charge in [-0.2, -0.15) is 5.26 Å². The van der Waals surface area contributed by atoms with Gasteiger partial charge in [0.2, 0.25) is 10.0 Å². The second-order valence-corrected chi connectivity index (χ2v) is 6.54. The van der Waals surface area contributed by atoms with E-state index in [1.807, 2.05) is 6.07 Å². The summed E-state index contributed by atoms with van der Waals surface area (Å²) in [6, 6.07) is 5.79. The Kier molecular flexibility index (Phi) is 4.35. The average Bonchev–Trinajstić information content (AvgIpc) is 2.28. The molecule has 0 saturated heterocycles. The van der Waals surface area contributed by atoms with Gasteiger partial charge in [0.15, 0.2) is 0 Å². The number of rotatable bonds is 4. The standard InChI is InChI=1S/C11H14ClN3O2S/c1-11(2,7-14)15-18(16,17)9-3-4-10(12)8(5-9)6-13/h3-5,15H,7,14H2,1-2H3. The van der Waals surface area contributed by atoms with Crippen LogP contribution in [0.5, 0.6) is 0 Å². The molecule has 0 saturated carbocycles. The van der Waals surface area contributed by atoms with Gasteiger partial charge in [0, 0.05) is 12.1 Å². The first-order chi connectivity index (χ1) is 8.22. The fraction of sp³-hybridized carbons (Fsp3) is 0.364. The molecule has 18 heavy (non-hydrogen) atoms. The van der Waals surface area contributed by atoms with E-state index in [1.165, 1.54) is 18.2 Å². The normalized spacial score (nSPS) is 12.2. The molecule has 0 aliphatic heterocycles. The van der Waals surface area contributed by atoms with E-state index in [1.54, 1.807) is 13.8 Å². The molecule has 0 fully saturated rings. The Balaban J connectivity index is 3.19. The molecule has 1 aromatic carbocycles. The molecular weight excluding hydrogens is 274 g/mol. The second-order valence-electron chi connectivity index (χ2n) is 4.45. The van der Waals surface area contributed by atoms with Crippen LogP contribution >= 0.6 is 11.6 Å². The van der Waals surface area contributed by atoms with Crippen molar-refractivity contribution >= 4 is 21.6 Å². The topological polar surface area (TPSA) is 96.0 Å². The molecule has 0 aromatic heterocycles. The van der Waals surface area contributed by atoms with Crippen molar-refractivity contribution in [3.05, 3.63) is 28.8 Å². The van der Waals surface area contributed by atoms with Crippen molar-refractivity contribution in [3.8, 4) is 6.07 Å². The third-order valence-corrected chi connectivity index (χ3v) is 4.31. The van der Waals surface area contributed by atoms with E-state index in [0.29, 0.717) is 0 Å². The predicted octanol–water partition coefficient (Wildman–Crippen LogP) is 1.23. The van der Waals surface area contributed by atoms with Gasteiger partial charge in [-0.15, -0.1) is 0 Å². The number of nitrogens with zero attached hydrogens (tertiary/aromatic N) is 1. The van der Waals surface area contributed by atoms with Crippen molar-refractivity contribution in [2.45, 2.75) is 24.3 Å². The van der Waals surface area contributed by atoms with Gasteiger partial charge >= 0.3 is 0 Å². The molecule has 0 atom stereocenters. The zero-order valence-corrected chi connectivity index (χ0v) is 11.6. The Hall–Kier alpha value is -1.13. The highest BCUT2D eigenvalue weighted by Crippen LogP contribution is 2.20. The first kappa shape index (κ1) is 14.9. The van der Waals surface area contributed by atoms with Crippen molar-refractivity contribution < 1.29 is 8.42 Å². The van der Waals surface area contributed by atoms with Gasteiger partial charge < -0.3 is 5.73 Å². The predicted molar refractivity (Wildman–Crippen MR) is 69.6 cm³/mol. The number of nitrogens with two attached hydrogens (primary N) is 1. The van der Waals surface area contributed by atoms with Crippen molar-refractivity contribution in [1.29, 1.82) is 5.26 Å². The largest absolute Gasteiger partial charge is 0.329 e. The Morgan fingerprint density at radius 3 is 2.61 bits per heavy atom. The quantitative estimate of drug-likeness (QED) is 0.870. The molecule has 1 rings (SSSR count). The third kappa shape index (κ3) is 3.43. The molecular formula is C11H14ClN3O2S. The zero-order valence-electron chi connectivity index (χ0n) is 10.1. The number of hydrogen-bond acceptors (Lipinski definition) is 4. The van der Waals surface area contributed by atoms with Gasteiger partial charge in [-0.1, -0.05) is 11.6 Å². The number of nitrogens with one attached hydrogen (secondary N) is 1. The molecule has 0 radical (unpaired) electrons. The maximum atomic E-state index is 12.1. The molecule has 0 heterocycles. The highest BCUT2D eigenvalue weighted by Gasteiger charge is 2.25. The lowest BCUT2D eigenvalue weighted by atomic mass is 10.1. The number of sulfonamides is 1. The van der Waals surface area contributed by atoms with Gasteiger partial charge in [0.25, 0.3) is 0 Å². The number of nitriles is 1. The van der Waals surface area contributed by atoms with Crippen LogP contribution in [0.2, 0.25) is 5.02 Å². The zero-order chi connectivity index (χ0) is 14.0.